The molecule has 0 bridgehead atoms. The number of carboxylic acid groups (broad SMARTS) is 1. The molecular weight excluding hydrogens is 254 g/mol. The molecule has 0 radical (unpaired) electrons. The van der Waals surface area contributed by atoms with E-state index in [4.69, 9.17) is 15.9 Å². The Morgan fingerprint density at radius 2 is 1.89 bits per heavy atom. The number of nitrogens with one attached hydrogen (secondary N) is 1. The van der Waals surface area contributed by atoms with E-state index in [9.17, 15) is 14.4 Å². The summed E-state index contributed by atoms with van der Waals surface area (Å²) in [4.78, 5) is 34.8. The Morgan fingerprint density at radius 3 is 2.26 bits per heavy atom. The summed E-state index contributed by atoms with van der Waals surface area (Å²) < 4.78 is 0. The highest BCUT2D eigenvalue weighted by molar-refractivity contribution is 5.83. The smallest absolute Gasteiger partial charge is 0.326 e. The molecule has 0 saturated heterocycles. The number of hydrogen-bond donors (Lipinski definition) is 4. The SMILES string of the molecule is CC(C)N(CCO)C(=O)N[C@@H](CCC(N)=O)C(=O)O. The molecule has 0 spiro atoms. The van der Waals surface area contributed by atoms with E-state index in [1.165, 1.54) is 4.90 Å². The van der Waals surface area contributed by atoms with Crippen molar-refractivity contribution in [2.75, 3.05) is 13.2 Å². The lowest BCUT2D eigenvalue weighted by Crippen LogP contribution is -2.51. The fourth-order valence-electron chi connectivity index (χ4n) is 1.48. The second kappa shape index (κ2) is 8.30. The quantitative estimate of drug-likeness (QED) is 0.456. The number of nitrogens with two attached hydrogens (primary N) is 1. The monoisotopic (exact) mass is 275 g/mol. The molecule has 0 aliphatic carbocycles. The van der Waals surface area contributed by atoms with E-state index in [-0.39, 0.29) is 32.0 Å². The van der Waals surface area contributed by atoms with Crippen LogP contribution in [0.2, 0.25) is 0 Å². The number of urea groups is 1. The van der Waals surface area contributed by atoms with Crippen LogP contribution in [0.1, 0.15) is 26.7 Å². The van der Waals surface area contributed by atoms with E-state index >= 15 is 0 Å². The standard InChI is InChI=1S/C11H21N3O5/c1-7(2)14(5-6-15)11(19)13-8(10(17)18)3-4-9(12)16/h7-8,15H,3-6H2,1-2H3,(H2,12,16)(H,13,19)(H,17,18)/t8-/m0/s1. The molecule has 0 unspecified atom stereocenters. The summed E-state index contributed by atoms with van der Waals surface area (Å²) in [5.41, 5.74) is 4.94. The van der Waals surface area contributed by atoms with Crippen molar-refractivity contribution in [2.45, 2.75) is 38.8 Å². The average molecular weight is 275 g/mol. The summed E-state index contributed by atoms with van der Waals surface area (Å²) in [6.07, 6.45) is -0.194. The summed E-state index contributed by atoms with van der Waals surface area (Å²) in [5, 5.41) is 20.1. The molecule has 0 aromatic heterocycles. The Balaban J connectivity index is 4.59. The third-order valence-corrected chi connectivity index (χ3v) is 2.50. The molecule has 8 nitrogen and oxygen atoms in total. The van der Waals surface area contributed by atoms with E-state index in [1.54, 1.807) is 13.8 Å². The fraction of sp³-hybridized carbons (Fsp3) is 0.727. The van der Waals surface area contributed by atoms with Crippen LogP contribution in [0.3, 0.4) is 0 Å². The third kappa shape index (κ3) is 6.61. The predicted octanol–water partition coefficient (Wildman–Crippen LogP) is -0.883. The summed E-state index contributed by atoms with van der Waals surface area (Å²) in [7, 11) is 0. The first-order chi connectivity index (χ1) is 8.79. The lowest BCUT2D eigenvalue weighted by Gasteiger charge is -2.27. The van der Waals surface area contributed by atoms with Gasteiger partial charge in [-0.05, 0) is 20.3 Å². The number of carboxylic acids is 1. The van der Waals surface area contributed by atoms with Gasteiger partial charge in [-0.1, -0.05) is 0 Å². The van der Waals surface area contributed by atoms with E-state index in [2.05, 4.69) is 5.32 Å². The fourth-order valence-corrected chi connectivity index (χ4v) is 1.48. The van der Waals surface area contributed by atoms with Gasteiger partial charge in [0.05, 0.1) is 6.61 Å². The second-order valence-corrected chi connectivity index (χ2v) is 4.36. The molecular formula is C11H21N3O5. The number of carbonyl (C=O) groups is 3. The lowest BCUT2D eigenvalue weighted by molar-refractivity contribution is -0.139. The van der Waals surface area contributed by atoms with E-state index in [1.807, 2.05) is 0 Å². The third-order valence-electron chi connectivity index (χ3n) is 2.50. The van der Waals surface area contributed by atoms with E-state index in [0.717, 1.165) is 0 Å². The number of aliphatic hydroxyl groups excluding tert-OH is 1. The topological polar surface area (TPSA) is 133 Å². The van der Waals surface area contributed by atoms with Crippen molar-refractivity contribution in [3.63, 3.8) is 0 Å². The molecule has 0 aromatic carbocycles. The van der Waals surface area contributed by atoms with Crippen LogP contribution in [0.4, 0.5) is 4.79 Å². The molecule has 0 aromatic rings. The highest BCUT2D eigenvalue weighted by Crippen LogP contribution is 2.02. The molecule has 110 valence electrons. The van der Waals surface area contributed by atoms with Crippen LogP contribution < -0.4 is 11.1 Å². The second-order valence-electron chi connectivity index (χ2n) is 4.36. The van der Waals surface area contributed by atoms with Gasteiger partial charge < -0.3 is 26.2 Å². The zero-order valence-electron chi connectivity index (χ0n) is 11.1. The van der Waals surface area contributed by atoms with Crippen molar-refractivity contribution in [1.82, 2.24) is 10.2 Å². The van der Waals surface area contributed by atoms with Gasteiger partial charge in [-0.2, -0.15) is 0 Å². The summed E-state index contributed by atoms with van der Waals surface area (Å²) >= 11 is 0. The number of aliphatic hydroxyl groups is 1. The van der Waals surface area contributed by atoms with Crippen molar-refractivity contribution in [1.29, 1.82) is 0 Å². The van der Waals surface area contributed by atoms with Gasteiger partial charge in [0, 0.05) is 19.0 Å². The zero-order valence-corrected chi connectivity index (χ0v) is 11.1. The molecule has 19 heavy (non-hydrogen) atoms. The van der Waals surface area contributed by atoms with Crippen LogP contribution in [0.25, 0.3) is 0 Å². The van der Waals surface area contributed by atoms with Crippen LogP contribution in [0.15, 0.2) is 0 Å². The van der Waals surface area contributed by atoms with Gasteiger partial charge in [0.1, 0.15) is 6.04 Å². The van der Waals surface area contributed by atoms with Crippen LogP contribution >= 0.6 is 0 Å². The first-order valence-corrected chi connectivity index (χ1v) is 5.98. The Hall–Kier alpha value is -1.83. The molecule has 0 saturated carbocycles. The van der Waals surface area contributed by atoms with Gasteiger partial charge in [0.2, 0.25) is 5.91 Å². The average Bonchev–Trinajstić information content (AvgIpc) is 2.29. The predicted molar refractivity (Wildman–Crippen MR) is 67.3 cm³/mol. The minimum atomic E-state index is -1.23. The first-order valence-electron chi connectivity index (χ1n) is 5.98. The summed E-state index contributed by atoms with van der Waals surface area (Å²) in [6, 6.07) is -1.96. The van der Waals surface area contributed by atoms with Gasteiger partial charge in [0.25, 0.3) is 0 Å². The van der Waals surface area contributed by atoms with Crippen LogP contribution in [-0.2, 0) is 9.59 Å². The van der Waals surface area contributed by atoms with Crippen LogP contribution in [0, 0.1) is 0 Å². The Morgan fingerprint density at radius 1 is 1.32 bits per heavy atom. The van der Waals surface area contributed by atoms with Gasteiger partial charge in [-0.25, -0.2) is 9.59 Å². The van der Waals surface area contributed by atoms with Crippen molar-refractivity contribution in [3.05, 3.63) is 0 Å². The Labute approximate surface area is 111 Å². The van der Waals surface area contributed by atoms with Gasteiger partial charge in [-0.3, -0.25) is 4.79 Å². The van der Waals surface area contributed by atoms with E-state index in [0.29, 0.717) is 0 Å². The van der Waals surface area contributed by atoms with Crippen molar-refractivity contribution >= 4 is 17.9 Å². The molecule has 5 N–H and O–H groups in total. The molecule has 3 amide bonds. The van der Waals surface area contributed by atoms with Crippen LogP contribution in [-0.4, -0.2) is 58.3 Å². The minimum absolute atomic E-state index is 0.0680. The number of amides is 3. The molecule has 0 heterocycles. The number of primary amides is 1. The molecule has 0 fully saturated rings. The van der Waals surface area contributed by atoms with Crippen molar-refractivity contribution < 1.29 is 24.6 Å². The number of carbonyl (C=O) groups excluding carboxylic acids is 2. The minimum Gasteiger partial charge on any atom is -0.480 e. The summed E-state index contributed by atoms with van der Waals surface area (Å²) in [5.74, 6) is -1.86. The van der Waals surface area contributed by atoms with Crippen LogP contribution in [0.5, 0.6) is 0 Å². The maximum atomic E-state index is 11.9. The number of rotatable bonds is 8. The summed E-state index contributed by atoms with van der Waals surface area (Å²) in [6.45, 7) is 3.37. The Kier molecular flexibility index (Phi) is 7.50. The van der Waals surface area contributed by atoms with Gasteiger partial charge >= 0.3 is 12.0 Å². The molecule has 0 aliphatic heterocycles. The lowest BCUT2D eigenvalue weighted by atomic mass is 10.1. The van der Waals surface area contributed by atoms with E-state index < -0.39 is 23.9 Å². The number of aliphatic carboxylic acids is 1. The molecule has 1 atom stereocenters. The molecule has 0 rings (SSSR count). The molecule has 0 aliphatic rings. The highest BCUT2D eigenvalue weighted by atomic mass is 16.4. The highest BCUT2D eigenvalue weighted by Gasteiger charge is 2.24. The molecule has 8 heteroatoms. The maximum absolute atomic E-state index is 11.9. The van der Waals surface area contributed by atoms with Crippen molar-refractivity contribution in [2.24, 2.45) is 5.73 Å². The Bertz CT molecular complexity index is 332. The maximum Gasteiger partial charge on any atom is 0.326 e. The number of nitrogens with zero attached hydrogens (tertiary/aromatic N) is 1. The first kappa shape index (κ1) is 17.2. The number of hydrogen-bond acceptors (Lipinski definition) is 4. The largest absolute Gasteiger partial charge is 0.480 e. The normalized spacial score (nSPS) is 12.0. The zero-order chi connectivity index (χ0) is 15.0. The van der Waals surface area contributed by atoms with Gasteiger partial charge in [-0.15, -0.1) is 0 Å². The van der Waals surface area contributed by atoms with Crippen molar-refractivity contribution in [3.8, 4) is 0 Å². The van der Waals surface area contributed by atoms with Gasteiger partial charge in [0.15, 0.2) is 0 Å².